The predicted octanol–water partition coefficient (Wildman–Crippen LogP) is 2.94. The second-order valence-corrected chi connectivity index (χ2v) is 6.39. The van der Waals surface area contributed by atoms with Crippen LogP contribution in [0.25, 0.3) is 0 Å². The molecular formula is C13H23N. The van der Waals surface area contributed by atoms with Crippen LogP contribution >= 0.6 is 0 Å². The molecule has 0 saturated heterocycles. The first kappa shape index (κ1) is 9.21. The minimum atomic E-state index is 0.448. The number of hydrogen-bond acceptors (Lipinski definition) is 1. The van der Waals surface area contributed by atoms with Crippen LogP contribution in [0.2, 0.25) is 0 Å². The lowest BCUT2D eigenvalue weighted by Gasteiger charge is -2.46. The summed E-state index contributed by atoms with van der Waals surface area (Å²) < 4.78 is 0. The molecule has 3 aliphatic rings. The summed E-state index contributed by atoms with van der Waals surface area (Å²) in [6, 6.07) is 0.505. The van der Waals surface area contributed by atoms with Crippen molar-refractivity contribution in [1.82, 2.24) is 0 Å². The van der Waals surface area contributed by atoms with E-state index in [4.69, 9.17) is 5.73 Å². The van der Waals surface area contributed by atoms with Crippen molar-refractivity contribution >= 4 is 0 Å². The van der Waals surface area contributed by atoms with Gasteiger partial charge in [0.25, 0.3) is 0 Å². The molecule has 0 aromatic carbocycles. The summed E-state index contributed by atoms with van der Waals surface area (Å²) in [4.78, 5) is 0. The van der Waals surface area contributed by atoms with Crippen molar-refractivity contribution in [3.63, 3.8) is 0 Å². The molecule has 3 fully saturated rings. The van der Waals surface area contributed by atoms with Crippen LogP contribution in [0, 0.1) is 22.7 Å². The molecule has 2 N–H and O–H groups in total. The van der Waals surface area contributed by atoms with Gasteiger partial charge in [0, 0.05) is 6.04 Å². The van der Waals surface area contributed by atoms with Crippen molar-refractivity contribution in [3.8, 4) is 0 Å². The van der Waals surface area contributed by atoms with Crippen molar-refractivity contribution in [2.24, 2.45) is 28.4 Å². The van der Waals surface area contributed by atoms with E-state index in [0.717, 1.165) is 11.8 Å². The molecule has 3 saturated carbocycles. The summed E-state index contributed by atoms with van der Waals surface area (Å²) in [6.45, 7) is 4.82. The predicted molar refractivity (Wildman–Crippen MR) is 58.9 cm³/mol. The topological polar surface area (TPSA) is 26.0 Å². The lowest BCUT2D eigenvalue weighted by molar-refractivity contribution is 0.0376. The van der Waals surface area contributed by atoms with Gasteiger partial charge in [0.15, 0.2) is 0 Å². The minimum Gasteiger partial charge on any atom is -0.327 e. The van der Waals surface area contributed by atoms with Gasteiger partial charge in [-0.25, -0.2) is 0 Å². The molecule has 0 bridgehead atoms. The normalized spacial score (nSPS) is 40.1. The molecule has 0 heterocycles. The van der Waals surface area contributed by atoms with Gasteiger partial charge in [-0.1, -0.05) is 26.7 Å². The third-order valence-electron chi connectivity index (χ3n) is 5.89. The number of hydrogen-bond donors (Lipinski definition) is 1. The van der Waals surface area contributed by atoms with Crippen LogP contribution < -0.4 is 5.73 Å². The van der Waals surface area contributed by atoms with E-state index in [9.17, 15) is 0 Å². The van der Waals surface area contributed by atoms with Crippen LogP contribution in [-0.4, -0.2) is 6.04 Å². The largest absolute Gasteiger partial charge is 0.327 e. The van der Waals surface area contributed by atoms with Gasteiger partial charge in [-0.05, 0) is 48.3 Å². The molecule has 0 aromatic rings. The molecule has 0 amide bonds. The Balaban J connectivity index is 1.88. The van der Waals surface area contributed by atoms with Gasteiger partial charge < -0.3 is 5.73 Å². The van der Waals surface area contributed by atoms with Crippen LogP contribution in [0.15, 0.2) is 0 Å². The van der Waals surface area contributed by atoms with Gasteiger partial charge in [0.05, 0.1) is 0 Å². The minimum absolute atomic E-state index is 0.448. The highest BCUT2D eigenvalue weighted by Gasteiger charge is 2.75. The zero-order chi connectivity index (χ0) is 9.97. The standard InChI is InChI=1S/C13H23N/c1-12(2)11(14)13(12,9-5-3-6-9)10-7-4-8-10/h9-11H,3-8,14H2,1-2H3. The fraction of sp³-hybridized carbons (Fsp3) is 1.00. The lowest BCUT2D eigenvalue weighted by Crippen LogP contribution is -2.39. The Morgan fingerprint density at radius 2 is 1.29 bits per heavy atom. The van der Waals surface area contributed by atoms with Gasteiger partial charge in [-0.3, -0.25) is 0 Å². The summed E-state index contributed by atoms with van der Waals surface area (Å²) in [7, 11) is 0. The van der Waals surface area contributed by atoms with Crippen molar-refractivity contribution in [1.29, 1.82) is 0 Å². The zero-order valence-electron chi connectivity index (χ0n) is 9.55. The van der Waals surface area contributed by atoms with E-state index in [1.165, 1.54) is 38.5 Å². The second kappa shape index (κ2) is 2.55. The van der Waals surface area contributed by atoms with Gasteiger partial charge in [-0.15, -0.1) is 0 Å². The van der Waals surface area contributed by atoms with E-state index in [0.29, 0.717) is 16.9 Å². The first-order chi connectivity index (χ1) is 6.62. The molecule has 14 heavy (non-hydrogen) atoms. The van der Waals surface area contributed by atoms with Crippen molar-refractivity contribution in [2.45, 2.75) is 58.4 Å². The Morgan fingerprint density at radius 1 is 0.929 bits per heavy atom. The maximum atomic E-state index is 6.40. The van der Waals surface area contributed by atoms with Gasteiger partial charge in [-0.2, -0.15) is 0 Å². The Labute approximate surface area is 87.4 Å². The molecule has 0 aliphatic heterocycles. The Morgan fingerprint density at radius 3 is 1.43 bits per heavy atom. The zero-order valence-corrected chi connectivity index (χ0v) is 9.55. The average Bonchev–Trinajstić information content (AvgIpc) is 2.28. The molecule has 0 spiro atoms. The summed E-state index contributed by atoms with van der Waals surface area (Å²) in [5.74, 6) is 1.97. The molecule has 80 valence electrons. The quantitative estimate of drug-likeness (QED) is 0.717. The van der Waals surface area contributed by atoms with E-state index in [-0.39, 0.29) is 0 Å². The maximum absolute atomic E-state index is 6.40. The average molecular weight is 193 g/mol. The molecule has 3 aliphatic carbocycles. The Hall–Kier alpha value is -0.0400. The van der Waals surface area contributed by atoms with E-state index in [2.05, 4.69) is 13.8 Å². The maximum Gasteiger partial charge on any atom is 0.0164 e. The third kappa shape index (κ3) is 0.778. The van der Waals surface area contributed by atoms with Crippen molar-refractivity contribution < 1.29 is 0 Å². The van der Waals surface area contributed by atoms with Gasteiger partial charge in [0.1, 0.15) is 0 Å². The van der Waals surface area contributed by atoms with Crippen molar-refractivity contribution in [3.05, 3.63) is 0 Å². The molecule has 3 rings (SSSR count). The van der Waals surface area contributed by atoms with Crippen LogP contribution in [-0.2, 0) is 0 Å². The van der Waals surface area contributed by atoms with Crippen LogP contribution in [0.5, 0.6) is 0 Å². The van der Waals surface area contributed by atoms with Gasteiger partial charge >= 0.3 is 0 Å². The van der Waals surface area contributed by atoms with E-state index < -0.39 is 0 Å². The first-order valence-electron chi connectivity index (χ1n) is 6.37. The molecule has 1 atom stereocenters. The third-order valence-corrected chi connectivity index (χ3v) is 5.89. The van der Waals surface area contributed by atoms with E-state index in [1.54, 1.807) is 0 Å². The number of nitrogens with two attached hydrogens (primary N) is 1. The van der Waals surface area contributed by atoms with Crippen LogP contribution in [0.4, 0.5) is 0 Å². The van der Waals surface area contributed by atoms with E-state index >= 15 is 0 Å². The van der Waals surface area contributed by atoms with E-state index in [1.807, 2.05) is 0 Å². The van der Waals surface area contributed by atoms with Crippen molar-refractivity contribution in [2.75, 3.05) is 0 Å². The summed E-state index contributed by atoms with van der Waals surface area (Å²) in [6.07, 6.45) is 8.78. The molecule has 0 radical (unpaired) electrons. The summed E-state index contributed by atoms with van der Waals surface area (Å²) >= 11 is 0. The van der Waals surface area contributed by atoms with Crippen LogP contribution in [0.1, 0.15) is 52.4 Å². The first-order valence-corrected chi connectivity index (χ1v) is 6.37. The SMILES string of the molecule is CC1(C)C(N)C1(C1CCC1)C1CCC1. The summed E-state index contributed by atoms with van der Waals surface area (Å²) in [5.41, 5.74) is 7.42. The molecule has 1 heteroatoms. The lowest BCUT2D eigenvalue weighted by atomic mass is 9.59. The van der Waals surface area contributed by atoms with Gasteiger partial charge in [0.2, 0.25) is 0 Å². The molecule has 1 unspecified atom stereocenters. The number of rotatable bonds is 2. The Bertz CT molecular complexity index is 234. The molecule has 0 aromatic heterocycles. The van der Waals surface area contributed by atoms with Crippen LogP contribution in [0.3, 0.4) is 0 Å². The fourth-order valence-electron chi connectivity index (χ4n) is 4.54. The smallest absolute Gasteiger partial charge is 0.0164 e. The highest BCUT2D eigenvalue weighted by molar-refractivity contribution is 5.27. The molecular weight excluding hydrogens is 170 g/mol. The fourth-order valence-corrected chi connectivity index (χ4v) is 4.54. The second-order valence-electron chi connectivity index (χ2n) is 6.39. The Kier molecular flexibility index (Phi) is 1.68. The monoisotopic (exact) mass is 193 g/mol. The highest BCUT2D eigenvalue weighted by atomic mass is 14.9. The molecule has 1 nitrogen and oxygen atoms in total. The highest BCUT2D eigenvalue weighted by Crippen LogP contribution is 2.76. The summed E-state index contributed by atoms with van der Waals surface area (Å²) in [5, 5.41) is 0.